The lowest BCUT2D eigenvalue weighted by molar-refractivity contribution is -0.152. The normalized spacial score (nSPS) is 23.9. The van der Waals surface area contributed by atoms with Gasteiger partial charge in [-0.1, -0.05) is 23.3 Å². The van der Waals surface area contributed by atoms with Crippen LogP contribution in [0.1, 0.15) is 52.9 Å². The second kappa shape index (κ2) is 6.04. The van der Waals surface area contributed by atoms with Gasteiger partial charge in [0, 0.05) is 0 Å². The third-order valence-corrected chi connectivity index (χ3v) is 3.54. The molecule has 0 aromatic heterocycles. The topological polar surface area (TPSA) is 26.3 Å². The molecule has 0 saturated carbocycles. The van der Waals surface area contributed by atoms with Gasteiger partial charge < -0.3 is 4.74 Å². The van der Waals surface area contributed by atoms with Crippen molar-refractivity contribution in [1.29, 1.82) is 0 Å². The molecule has 17 heavy (non-hydrogen) atoms. The van der Waals surface area contributed by atoms with Gasteiger partial charge in [-0.05, 0) is 52.9 Å². The Labute approximate surface area is 105 Å². The van der Waals surface area contributed by atoms with Crippen LogP contribution < -0.4 is 0 Å². The van der Waals surface area contributed by atoms with Crippen LogP contribution in [0.5, 0.6) is 0 Å². The molecule has 0 aliphatic heterocycles. The predicted molar refractivity (Wildman–Crippen MR) is 70.7 cm³/mol. The molecule has 0 saturated heterocycles. The lowest BCUT2D eigenvalue weighted by Crippen LogP contribution is -2.30. The van der Waals surface area contributed by atoms with Gasteiger partial charge in [0.15, 0.2) is 0 Å². The molecule has 0 amide bonds. The standard InChI is InChI=1S/C15H24O2/c1-12(2)6-5-7-13-8-10-15(3,11-9-13)14(16)17-4/h6,8H,5,7,9-11H2,1-4H3/t15-/m1/s1. The Morgan fingerprint density at radius 3 is 2.71 bits per heavy atom. The number of ether oxygens (including phenoxy) is 1. The Balaban J connectivity index is 2.49. The van der Waals surface area contributed by atoms with Crippen LogP contribution in [0.4, 0.5) is 0 Å². The zero-order valence-corrected chi connectivity index (χ0v) is 11.5. The van der Waals surface area contributed by atoms with Gasteiger partial charge in [0.2, 0.25) is 0 Å². The maximum Gasteiger partial charge on any atom is 0.311 e. The maximum absolute atomic E-state index is 11.6. The quantitative estimate of drug-likeness (QED) is 0.544. The van der Waals surface area contributed by atoms with Gasteiger partial charge >= 0.3 is 5.97 Å². The molecular formula is C15H24O2. The van der Waals surface area contributed by atoms with E-state index in [-0.39, 0.29) is 11.4 Å². The lowest BCUT2D eigenvalue weighted by atomic mass is 9.76. The van der Waals surface area contributed by atoms with E-state index in [1.807, 2.05) is 6.92 Å². The van der Waals surface area contributed by atoms with E-state index in [0.717, 1.165) is 32.1 Å². The third-order valence-electron chi connectivity index (χ3n) is 3.54. The van der Waals surface area contributed by atoms with E-state index < -0.39 is 0 Å². The van der Waals surface area contributed by atoms with E-state index in [9.17, 15) is 4.79 Å². The maximum atomic E-state index is 11.6. The van der Waals surface area contributed by atoms with Crippen LogP contribution in [-0.2, 0) is 9.53 Å². The molecule has 0 bridgehead atoms. The highest BCUT2D eigenvalue weighted by molar-refractivity contribution is 5.76. The number of hydrogen-bond donors (Lipinski definition) is 0. The highest BCUT2D eigenvalue weighted by Crippen LogP contribution is 2.37. The number of methoxy groups -OCH3 is 1. The predicted octanol–water partition coefficient (Wildman–Crippen LogP) is 4.02. The molecule has 0 fully saturated rings. The summed E-state index contributed by atoms with van der Waals surface area (Å²) >= 11 is 0. The monoisotopic (exact) mass is 236 g/mol. The molecule has 0 aromatic carbocycles. The number of hydrogen-bond acceptors (Lipinski definition) is 2. The van der Waals surface area contributed by atoms with Crippen molar-refractivity contribution < 1.29 is 9.53 Å². The summed E-state index contributed by atoms with van der Waals surface area (Å²) in [7, 11) is 1.47. The summed E-state index contributed by atoms with van der Waals surface area (Å²) in [6.07, 6.45) is 9.52. The van der Waals surface area contributed by atoms with Crippen molar-refractivity contribution in [2.45, 2.75) is 52.9 Å². The summed E-state index contributed by atoms with van der Waals surface area (Å²) < 4.78 is 4.86. The number of carbonyl (C=O) groups is 1. The molecule has 1 atom stereocenters. The Kier molecular flexibility index (Phi) is 4.98. The highest BCUT2D eigenvalue weighted by Gasteiger charge is 2.35. The third kappa shape index (κ3) is 4.03. The Morgan fingerprint density at radius 2 is 2.24 bits per heavy atom. The van der Waals surface area contributed by atoms with Crippen molar-refractivity contribution in [2.75, 3.05) is 7.11 Å². The molecule has 2 heteroatoms. The average molecular weight is 236 g/mol. The zero-order chi connectivity index (χ0) is 12.9. The Bertz CT molecular complexity index is 335. The van der Waals surface area contributed by atoms with E-state index in [1.54, 1.807) is 0 Å². The van der Waals surface area contributed by atoms with Crippen molar-refractivity contribution >= 4 is 5.97 Å². The lowest BCUT2D eigenvalue weighted by Gasteiger charge is -2.29. The minimum Gasteiger partial charge on any atom is -0.469 e. The van der Waals surface area contributed by atoms with Crippen LogP contribution >= 0.6 is 0 Å². The van der Waals surface area contributed by atoms with E-state index in [4.69, 9.17) is 4.74 Å². The summed E-state index contributed by atoms with van der Waals surface area (Å²) in [5, 5.41) is 0. The van der Waals surface area contributed by atoms with E-state index in [0.29, 0.717) is 0 Å². The van der Waals surface area contributed by atoms with E-state index in [2.05, 4.69) is 26.0 Å². The Morgan fingerprint density at radius 1 is 1.53 bits per heavy atom. The molecule has 0 spiro atoms. The molecule has 0 N–H and O–H groups in total. The molecule has 0 radical (unpaired) electrons. The first-order valence-corrected chi connectivity index (χ1v) is 6.37. The van der Waals surface area contributed by atoms with Crippen LogP contribution in [-0.4, -0.2) is 13.1 Å². The average Bonchev–Trinajstić information content (AvgIpc) is 2.30. The molecule has 2 nitrogen and oxygen atoms in total. The summed E-state index contributed by atoms with van der Waals surface area (Å²) in [4.78, 5) is 11.6. The number of carbonyl (C=O) groups excluding carboxylic acids is 1. The minimum absolute atomic E-state index is 0.0721. The van der Waals surface area contributed by atoms with Gasteiger partial charge in [-0.15, -0.1) is 0 Å². The van der Waals surface area contributed by atoms with E-state index >= 15 is 0 Å². The van der Waals surface area contributed by atoms with Crippen molar-refractivity contribution in [3.05, 3.63) is 23.3 Å². The minimum atomic E-state index is -0.297. The first kappa shape index (κ1) is 14.0. The fraction of sp³-hybridized carbons (Fsp3) is 0.667. The first-order chi connectivity index (χ1) is 7.98. The van der Waals surface area contributed by atoms with Crippen molar-refractivity contribution in [3.63, 3.8) is 0 Å². The molecule has 96 valence electrons. The largest absolute Gasteiger partial charge is 0.469 e. The van der Waals surface area contributed by atoms with Gasteiger partial charge in [0.1, 0.15) is 0 Å². The van der Waals surface area contributed by atoms with Crippen LogP contribution in [0.25, 0.3) is 0 Å². The first-order valence-electron chi connectivity index (χ1n) is 6.37. The van der Waals surface area contributed by atoms with Crippen LogP contribution in [0, 0.1) is 5.41 Å². The van der Waals surface area contributed by atoms with Gasteiger partial charge in [-0.3, -0.25) is 4.79 Å². The summed E-state index contributed by atoms with van der Waals surface area (Å²) in [6, 6.07) is 0. The molecule has 0 unspecified atom stereocenters. The van der Waals surface area contributed by atoms with Crippen LogP contribution in [0.3, 0.4) is 0 Å². The molecule has 1 aliphatic carbocycles. The summed E-state index contributed by atoms with van der Waals surface area (Å²) in [6.45, 7) is 6.26. The van der Waals surface area contributed by atoms with Gasteiger partial charge in [0.05, 0.1) is 12.5 Å². The van der Waals surface area contributed by atoms with Crippen LogP contribution in [0.2, 0.25) is 0 Å². The summed E-state index contributed by atoms with van der Waals surface area (Å²) in [5.74, 6) is -0.0721. The van der Waals surface area contributed by atoms with Gasteiger partial charge in [-0.25, -0.2) is 0 Å². The molecule has 1 aliphatic rings. The van der Waals surface area contributed by atoms with Crippen LogP contribution in [0.15, 0.2) is 23.3 Å². The van der Waals surface area contributed by atoms with Gasteiger partial charge in [-0.2, -0.15) is 0 Å². The fourth-order valence-electron chi connectivity index (χ4n) is 2.22. The van der Waals surface area contributed by atoms with Crippen molar-refractivity contribution in [3.8, 4) is 0 Å². The van der Waals surface area contributed by atoms with Crippen molar-refractivity contribution in [2.24, 2.45) is 5.41 Å². The fourth-order valence-corrected chi connectivity index (χ4v) is 2.22. The van der Waals surface area contributed by atoms with E-state index in [1.165, 1.54) is 18.3 Å². The number of esters is 1. The SMILES string of the molecule is COC(=O)[C@]1(C)CC=C(CCC=C(C)C)CC1. The molecule has 1 rings (SSSR count). The molecule has 0 heterocycles. The van der Waals surface area contributed by atoms with Crippen molar-refractivity contribution in [1.82, 2.24) is 0 Å². The smallest absolute Gasteiger partial charge is 0.311 e. The second-order valence-electron chi connectivity index (χ2n) is 5.44. The molecule has 0 aromatic rings. The molecular weight excluding hydrogens is 212 g/mol. The number of allylic oxidation sites excluding steroid dienone is 4. The summed E-state index contributed by atoms with van der Waals surface area (Å²) in [5.41, 5.74) is 2.57. The Hall–Kier alpha value is -1.05. The van der Waals surface area contributed by atoms with Gasteiger partial charge in [0.25, 0.3) is 0 Å². The number of rotatable bonds is 4. The highest BCUT2D eigenvalue weighted by atomic mass is 16.5. The zero-order valence-electron chi connectivity index (χ0n) is 11.5. The second-order valence-corrected chi connectivity index (χ2v) is 5.44.